The molecular formula is C28H41N3O5S. The Morgan fingerprint density at radius 1 is 1.14 bits per heavy atom. The molecule has 1 amide bonds. The van der Waals surface area contributed by atoms with Gasteiger partial charge in [-0.25, -0.2) is 8.42 Å². The average Bonchev–Trinajstić information content (AvgIpc) is 2.88. The van der Waals surface area contributed by atoms with Crippen LogP contribution < -0.4 is 10.1 Å². The van der Waals surface area contributed by atoms with Crippen molar-refractivity contribution < 1.29 is 23.1 Å². The number of benzene rings is 2. The maximum atomic E-state index is 13.6. The van der Waals surface area contributed by atoms with Crippen molar-refractivity contribution in [3.05, 3.63) is 60.2 Å². The third-order valence-corrected chi connectivity index (χ3v) is 8.59. The van der Waals surface area contributed by atoms with Gasteiger partial charge in [0.1, 0.15) is 5.75 Å². The molecule has 0 unspecified atom stereocenters. The Hall–Kier alpha value is -2.46. The van der Waals surface area contributed by atoms with E-state index in [4.69, 9.17) is 4.74 Å². The summed E-state index contributed by atoms with van der Waals surface area (Å²) in [4.78, 5) is 15.5. The van der Waals surface area contributed by atoms with Crippen LogP contribution in [-0.4, -0.2) is 81.1 Å². The number of piperidine rings is 1. The number of rotatable bonds is 12. The first-order chi connectivity index (χ1) is 17.6. The molecule has 0 bridgehead atoms. The summed E-state index contributed by atoms with van der Waals surface area (Å²) in [6.45, 7) is 5.62. The Bertz CT molecular complexity index is 1090. The molecule has 0 aliphatic carbocycles. The number of aliphatic hydroxyl groups is 1. The van der Waals surface area contributed by atoms with Gasteiger partial charge < -0.3 is 20.1 Å². The van der Waals surface area contributed by atoms with E-state index >= 15 is 0 Å². The third kappa shape index (κ3) is 8.26. The van der Waals surface area contributed by atoms with Crippen molar-refractivity contribution in [3.63, 3.8) is 0 Å². The maximum absolute atomic E-state index is 13.6. The monoisotopic (exact) mass is 531 g/mol. The first-order valence-corrected chi connectivity index (χ1v) is 14.4. The van der Waals surface area contributed by atoms with Gasteiger partial charge >= 0.3 is 0 Å². The molecule has 0 aromatic heterocycles. The third-order valence-electron chi connectivity index (χ3n) is 6.74. The van der Waals surface area contributed by atoms with Gasteiger partial charge in [-0.3, -0.25) is 4.79 Å². The minimum atomic E-state index is -3.88. The number of nitrogens with zero attached hydrogens (tertiary/aromatic N) is 2. The molecule has 3 rings (SSSR count). The van der Waals surface area contributed by atoms with Crippen LogP contribution in [0.2, 0.25) is 0 Å². The van der Waals surface area contributed by atoms with Crippen LogP contribution in [0.1, 0.15) is 32.3 Å². The summed E-state index contributed by atoms with van der Waals surface area (Å²) in [6, 6.07) is 15.2. The number of hydrogen-bond acceptors (Lipinski definition) is 6. The van der Waals surface area contributed by atoms with Crippen LogP contribution in [0.4, 0.5) is 0 Å². The number of amides is 1. The molecule has 1 aliphatic heterocycles. The zero-order valence-corrected chi connectivity index (χ0v) is 23.2. The second-order valence-electron chi connectivity index (χ2n) is 10.4. The average molecular weight is 532 g/mol. The van der Waals surface area contributed by atoms with Gasteiger partial charge in [0.15, 0.2) is 0 Å². The van der Waals surface area contributed by atoms with Crippen LogP contribution in [0.3, 0.4) is 0 Å². The van der Waals surface area contributed by atoms with E-state index in [2.05, 4.69) is 10.2 Å². The predicted molar refractivity (Wildman–Crippen MR) is 145 cm³/mol. The van der Waals surface area contributed by atoms with Crippen LogP contribution in [0.15, 0.2) is 59.5 Å². The summed E-state index contributed by atoms with van der Waals surface area (Å²) in [5.41, 5.74) is 0.959. The Kier molecular flexibility index (Phi) is 10.5. The predicted octanol–water partition coefficient (Wildman–Crippen LogP) is 2.77. The molecule has 204 valence electrons. The molecule has 0 spiro atoms. The van der Waals surface area contributed by atoms with E-state index in [1.54, 1.807) is 12.1 Å². The van der Waals surface area contributed by atoms with Crippen molar-refractivity contribution in [3.8, 4) is 5.75 Å². The van der Waals surface area contributed by atoms with E-state index in [-0.39, 0.29) is 35.7 Å². The largest absolute Gasteiger partial charge is 0.497 e. The second kappa shape index (κ2) is 13.4. The lowest BCUT2D eigenvalue weighted by molar-refractivity contribution is -0.128. The van der Waals surface area contributed by atoms with Crippen LogP contribution in [-0.2, 0) is 21.2 Å². The Morgan fingerprint density at radius 2 is 1.81 bits per heavy atom. The summed E-state index contributed by atoms with van der Waals surface area (Å²) >= 11 is 0. The number of methoxy groups -OCH3 is 1. The minimum Gasteiger partial charge on any atom is -0.497 e. The van der Waals surface area contributed by atoms with Gasteiger partial charge in [-0.1, -0.05) is 44.2 Å². The summed E-state index contributed by atoms with van der Waals surface area (Å²) in [5, 5.41) is 14.5. The molecule has 9 heteroatoms. The molecule has 8 nitrogen and oxygen atoms in total. The molecule has 0 radical (unpaired) electrons. The maximum Gasteiger partial charge on any atom is 0.243 e. The molecule has 2 aromatic carbocycles. The first kappa shape index (κ1) is 29.1. The highest BCUT2D eigenvalue weighted by atomic mass is 32.2. The second-order valence-corrected chi connectivity index (χ2v) is 12.3. The van der Waals surface area contributed by atoms with Gasteiger partial charge in [0.2, 0.25) is 15.9 Å². The molecular weight excluding hydrogens is 490 g/mol. The SMILES string of the molecule is COc1ccc(S(=O)(=O)N(CC(C)C)C[C@@H](O)[C@H](Cc2ccccc2)NC(=O)[C@@H]2CCCN(C)C2)cc1. The van der Waals surface area contributed by atoms with Gasteiger partial charge in [-0.2, -0.15) is 4.31 Å². The number of aliphatic hydroxyl groups excluding tert-OH is 1. The molecule has 1 fully saturated rings. The number of likely N-dealkylation sites (tertiary alicyclic amines) is 1. The molecule has 2 N–H and O–H groups in total. The summed E-state index contributed by atoms with van der Waals surface area (Å²) in [5.74, 6) is 0.354. The lowest BCUT2D eigenvalue weighted by Gasteiger charge is -2.33. The zero-order valence-electron chi connectivity index (χ0n) is 22.3. The number of sulfonamides is 1. The molecule has 2 aromatic rings. The summed E-state index contributed by atoms with van der Waals surface area (Å²) in [6.07, 6.45) is 1.05. The van der Waals surface area contributed by atoms with E-state index in [0.29, 0.717) is 18.7 Å². The number of nitrogens with one attached hydrogen (secondary N) is 1. The van der Waals surface area contributed by atoms with E-state index in [9.17, 15) is 18.3 Å². The van der Waals surface area contributed by atoms with Crippen LogP contribution in [0.25, 0.3) is 0 Å². The molecule has 3 atom stereocenters. The standard InChI is InChI=1S/C28H41N3O5S/c1-21(2)18-31(37(34,35)25-14-12-24(36-4)13-15-25)20-27(32)26(17-22-9-6-5-7-10-22)29-28(33)23-11-8-16-30(3)19-23/h5-7,9-10,12-15,21,23,26-27,32H,8,11,16-20H2,1-4H3,(H,29,33)/t23-,26+,27-/m1/s1. The van der Waals surface area contributed by atoms with E-state index in [1.165, 1.54) is 23.5 Å². The van der Waals surface area contributed by atoms with E-state index in [0.717, 1.165) is 24.9 Å². The normalized spacial score (nSPS) is 18.5. The lowest BCUT2D eigenvalue weighted by Crippen LogP contribution is -2.53. The van der Waals surface area contributed by atoms with Gasteiger partial charge in [0.05, 0.1) is 30.1 Å². The number of hydrogen-bond donors (Lipinski definition) is 2. The smallest absolute Gasteiger partial charge is 0.243 e. The highest BCUT2D eigenvalue weighted by Gasteiger charge is 2.33. The minimum absolute atomic E-state index is 0.0418. The number of carbonyl (C=O) groups excluding carboxylic acids is 1. The van der Waals surface area contributed by atoms with E-state index in [1.807, 2.05) is 51.2 Å². The van der Waals surface area contributed by atoms with Crippen molar-refractivity contribution in [2.45, 2.75) is 50.2 Å². The van der Waals surface area contributed by atoms with E-state index < -0.39 is 22.2 Å². The van der Waals surface area contributed by atoms with Crippen LogP contribution in [0.5, 0.6) is 5.75 Å². The topological polar surface area (TPSA) is 99.2 Å². The highest BCUT2D eigenvalue weighted by molar-refractivity contribution is 7.89. The van der Waals surface area contributed by atoms with Crippen LogP contribution >= 0.6 is 0 Å². The summed E-state index contributed by atoms with van der Waals surface area (Å²) in [7, 11) is -0.352. The lowest BCUT2D eigenvalue weighted by atomic mass is 9.95. The van der Waals surface area contributed by atoms with Crippen molar-refractivity contribution in [1.82, 2.24) is 14.5 Å². The summed E-state index contributed by atoms with van der Waals surface area (Å²) < 4.78 is 33.6. The molecule has 0 saturated carbocycles. The fourth-order valence-electron chi connectivity index (χ4n) is 4.74. The van der Waals surface area contributed by atoms with Gasteiger partial charge in [0, 0.05) is 19.6 Å². The first-order valence-electron chi connectivity index (χ1n) is 12.9. The fraction of sp³-hybridized carbons (Fsp3) is 0.536. The van der Waals surface area contributed by atoms with Crippen molar-refractivity contribution in [2.24, 2.45) is 11.8 Å². The quantitative estimate of drug-likeness (QED) is 0.437. The van der Waals surface area contributed by atoms with Gasteiger partial charge in [-0.05, 0) is 68.6 Å². The van der Waals surface area contributed by atoms with Crippen molar-refractivity contribution in [1.29, 1.82) is 0 Å². The fourth-order valence-corrected chi connectivity index (χ4v) is 6.36. The Morgan fingerprint density at radius 3 is 2.41 bits per heavy atom. The number of carbonyl (C=O) groups is 1. The van der Waals surface area contributed by atoms with Crippen molar-refractivity contribution >= 4 is 15.9 Å². The Labute approximate surface area is 221 Å². The Balaban J connectivity index is 1.83. The molecule has 1 saturated heterocycles. The van der Waals surface area contributed by atoms with Crippen LogP contribution in [0, 0.1) is 11.8 Å². The highest BCUT2D eigenvalue weighted by Crippen LogP contribution is 2.22. The molecule has 37 heavy (non-hydrogen) atoms. The number of ether oxygens (including phenoxy) is 1. The molecule has 1 aliphatic rings. The zero-order chi connectivity index (χ0) is 27.0. The molecule has 1 heterocycles. The van der Waals surface area contributed by atoms with Crippen molar-refractivity contribution in [2.75, 3.05) is 40.3 Å². The van der Waals surface area contributed by atoms with Gasteiger partial charge in [-0.15, -0.1) is 0 Å². The van der Waals surface area contributed by atoms with Gasteiger partial charge in [0.25, 0.3) is 0 Å².